The summed E-state index contributed by atoms with van der Waals surface area (Å²) in [6.45, 7) is 5.00. The van der Waals surface area contributed by atoms with Gasteiger partial charge in [-0.15, -0.1) is 0 Å². The van der Waals surface area contributed by atoms with Gasteiger partial charge in [-0.25, -0.2) is 4.39 Å². The van der Waals surface area contributed by atoms with Gasteiger partial charge in [0, 0.05) is 31.7 Å². The molecule has 1 fully saturated rings. The number of halogens is 1. The maximum atomic E-state index is 14.2. The first-order valence-electron chi connectivity index (χ1n) is 6.87. The Labute approximate surface area is 107 Å². The second-order valence-corrected chi connectivity index (χ2v) is 5.17. The molecular formula is C14H20FN3. The van der Waals surface area contributed by atoms with Gasteiger partial charge in [-0.3, -0.25) is 0 Å². The van der Waals surface area contributed by atoms with Crippen LogP contribution in [0.3, 0.4) is 0 Å². The van der Waals surface area contributed by atoms with Gasteiger partial charge in [0.2, 0.25) is 0 Å². The van der Waals surface area contributed by atoms with E-state index < -0.39 is 0 Å². The van der Waals surface area contributed by atoms with E-state index in [4.69, 9.17) is 0 Å². The van der Waals surface area contributed by atoms with E-state index in [0.717, 1.165) is 43.1 Å². The quantitative estimate of drug-likeness (QED) is 0.843. The summed E-state index contributed by atoms with van der Waals surface area (Å²) in [5, 5.41) is 6.78. The zero-order valence-electron chi connectivity index (χ0n) is 10.8. The highest BCUT2D eigenvalue weighted by Crippen LogP contribution is 2.34. The standard InChI is InChI=1S/C14H20FN3/c1-2-10-9-16-12-8-14(18-5-3-4-6-18)11(15)7-13(12)17-10/h7-8,10,16-17H,2-6,9H2,1H3. The van der Waals surface area contributed by atoms with Crippen LogP contribution in [-0.2, 0) is 0 Å². The molecule has 1 unspecified atom stereocenters. The lowest BCUT2D eigenvalue weighted by atomic mass is 10.1. The van der Waals surface area contributed by atoms with Gasteiger partial charge in [-0.05, 0) is 25.3 Å². The Morgan fingerprint density at radius 2 is 2.06 bits per heavy atom. The lowest BCUT2D eigenvalue weighted by Crippen LogP contribution is -2.32. The SMILES string of the molecule is CCC1CNc2cc(N3CCCC3)c(F)cc2N1. The van der Waals surface area contributed by atoms with Crippen LogP contribution in [0.1, 0.15) is 26.2 Å². The number of hydrogen-bond acceptors (Lipinski definition) is 3. The minimum absolute atomic E-state index is 0.110. The Morgan fingerprint density at radius 3 is 2.78 bits per heavy atom. The van der Waals surface area contributed by atoms with Gasteiger partial charge in [-0.1, -0.05) is 6.92 Å². The van der Waals surface area contributed by atoms with Crippen LogP contribution in [0.4, 0.5) is 21.5 Å². The van der Waals surface area contributed by atoms with Crippen molar-refractivity contribution in [3.8, 4) is 0 Å². The topological polar surface area (TPSA) is 27.3 Å². The van der Waals surface area contributed by atoms with Gasteiger partial charge in [0.05, 0.1) is 17.1 Å². The van der Waals surface area contributed by atoms with Gasteiger partial charge < -0.3 is 15.5 Å². The first-order chi connectivity index (χ1) is 8.78. The van der Waals surface area contributed by atoms with Crippen molar-refractivity contribution in [2.24, 2.45) is 0 Å². The fourth-order valence-corrected chi connectivity index (χ4v) is 2.78. The van der Waals surface area contributed by atoms with E-state index in [-0.39, 0.29) is 5.82 Å². The third-order valence-electron chi connectivity index (χ3n) is 3.93. The average molecular weight is 249 g/mol. The average Bonchev–Trinajstić information content (AvgIpc) is 2.91. The molecule has 0 amide bonds. The number of rotatable bonds is 2. The van der Waals surface area contributed by atoms with E-state index in [1.807, 2.05) is 6.07 Å². The number of nitrogens with one attached hydrogen (secondary N) is 2. The molecule has 3 nitrogen and oxygen atoms in total. The number of hydrogen-bond donors (Lipinski definition) is 2. The summed E-state index contributed by atoms with van der Waals surface area (Å²) in [6.07, 6.45) is 3.38. The number of fused-ring (bicyclic) bond motifs is 1. The first-order valence-corrected chi connectivity index (χ1v) is 6.87. The Kier molecular flexibility index (Phi) is 3.02. The lowest BCUT2D eigenvalue weighted by molar-refractivity contribution is 0.621. The summed E-state index contributed by atoms with van der Waals surface area (Å²) >= 11 is 0. The normalized spacial score (nSPS) is 22.3. The van der Waals surface area contributed by atoms with Crippen LogP contribution >= 0.6 is 0 Å². The fraction of sp³-hybridized carbons (Fsp3) is 0.571. The van der Waals surface area contributed by atoms with Gasteiger partial charge in [0.1, 0.15) is 5.82 Å². The van der Waals surface area contributed by atoms with E-state index in [1.165, 1.54) is 12.8 Å². The van der Waals surface area contributed by atoms with Crippen molar-refractivity contribution in [1.82, 2.24) is 0 Å². The molecular weight excluding hydrogens is 229 g/mol. The molecule has 0 aliphatic carbocycles. The fourth-order valence-electron chi connectivity index (χ4n) is 2.78. The van der Waals surface area contributed by atoms with Gasteiger partial charge in [0.15, 0.2) is 0 Å². The van der Waals surface area contributed by atoms with E-state index >= 15 is 0 Å². The molecule has 0 spiro atoms. The summed E-state index contributed by atoms with van der Waals surface area (Å²) in [7, 11) is 0. The molecule has 0 saturated carbocycles. The summed E-state index contributed by atoms with van der Waals surface area (Å²) in [5.74, 6) is -0.110. The molecule has 3 rings (SSSR count). The molecule has 2 aliphatic heterocycles. The molecule has 1 aromatic rings. The monoisotopic (exact) mass is 249 g/mol. The van der Waals surface area contributed by atoms with Crippen molar-refractivity contribution in [2.75, 3.05) is 35.2 Å². The first kappa shape index (κ1) is 11.6. The van der Waals surface area contributed by atoms with Crippen molar-refractivity contribution in [2.45, 2.75) is 32.2 Å². The Hall–Kier alpha value is -1.45. The van der Waals surface area contributed by atoms with E-state index in [1.54, 1.807) is 6.07 Å². The summed E-state index contributed by atoms with van der Waals surface area (Å²) < 4.78 is 14.2. The highest BCUT2D eigenvalue weighted by Gasteiger charge is 2.21. The predicted molar refractivity (Wildman–Crippen MR) is 74.0 cm³/mol. The molecule has 18 heavy (non-hydrogen) atoms. The van der Waals surface area contributed by atoms with E-state index in [0.29, 0.717) is 6.04 Å². The maximum Gasteiger partial charge on any atom is 0.148 e. The van der Waals surface area contributed by atoms with Crippen molar-refractivity contribution < 1.29 is 4.39 Å². The van der Waals surface area contributed by atoms with Gasteiger partial charge in [0.25, 0.3) is 0 Å². The third-order valence-corrected chi connectivity index (χ3v) is 3.93. The van der Waals surface area contributed by atoms with Gasteiger partial charge >= 0.3 is 0 Å². The highest BCUT2D eigenvalue weighted by atomic mass is 19.1. The molecule has 4 heteroatoms. The van der Waals surface area contributed by atoms with E-state index in [9.17, 15) is 4.39 Å². The van der Waals surface area contributed by atoms with Crippen LogP contribution in [0.15, 0.2) is 12.1 Å². The van der Waals surface area contributed by atoms with Crippen molar-refractivity contribution in [3.63, 3.8) is 0 Å². The molecule has 2 aliphatic rings. The van der Waals surface area contributed by atoms with Crippen LogP contribution in [0.25, 0.3) is 0 Å². The Balaban J connectivity index is 1.90. The van der Waals surface area contributed by atoms with Crippen molar-refractivity contribution >= 4 is 17.1 Å². The summed E-state index contributed by atoms with van der Waals surface area (Å²) in [5.41, 5.74) is 2.67. The number of anilines is 3. The molecule has 0 bridgehead atoms. The van der Waals surface area contributed by atoms with Crippen molar-refractivity contribution in [3.05, 3.63) is 17.9 Å². The maximum absolute atomic E-state index is 14.2. The number of benzene rings is 1. The largest absolute Gasteiger partial charge is 0.381 e. The summed E-state index contributed by atoms with van der Waals surface area (Å²) in [6, 6.07) is 3.99. The number of nitrogens with zero attached hydrogens (tertiary/aromatic N) is 1. The molecule has 1 aromatic carbocycles. The van der Waals surface area contributed by atoms with Crippen LogP contribution < -0.4 is 15.5 Å². The van der Waals surface area contributed by atoms with Crippen LogP contribution in [0.2, 0.25) is 0 Å². The molecule has 0 radical (unpaired) electrons. The molecule has 1 atom stereocenters. The van der Waals surface area contributed by atoms with Gasteiger partial charge in [-0.2, -0.15) is 0 Å². The predicted octanol–water partition coefficient (Wildman–Crippen LogP) is 3.04. The van der Waals surface area contributed by atoms with Crippen LogP contribution in [0.5, 0.6) is 0 Å². The zero-order chi connectivity index (χ0) is 12.5. The smallest absolute Gasteiger partial charge is 0.148 e. The van der Waals surface area contributed by atoms with E-state index in [2.05, 4.69) is 22.5 Å². The second-order valence-electron chi connectivity index (χ2n) is 5.17. The third kappa shape index (κ3) is 2.00. The lowest BCUT2D eigenvalue weighted by Gasteiger charge is -2.29. The Morgan fingerprint density at radius 1 is 1.28 bits per heavy atom. The second kappa shape index (κ2) is 4.67. The molecule has 2 heterocycles. The van der Waals surface area contributed by atoms with Crippen molar-refractivity contribution in [1.29, 1.82) is 0 Å². The molecule has 2 N–H and O–H groups in total. The molecule has 98 valence electrons. The molecule has 0 aromatic heterocycles. The summed E-state index contributed by atoms with van der Waals surface area (Å²) in [4.78, 5) is 2.14. The Bertz CT molecular complexity index is 441. The minimum atomic E-state index is -0.110. The highest BCUT2D eigenvalue weighted by molar-refractivity contribution is 5.76. The van der Waals surface area contributed by atoms with Crippen LogP contribution in [-0.4, -0.2) is 25.7 Å². The molecule has 1 saturated heterocycles. The zero-order valence-corrected chi connectivity index (χ0v) is 10.8. The van der Waals surface area contributed by atoms with Crippen LogP contribution in [0, 0.1) is 5.82 Å². The minimum Gasteiger partial charge on any atom is -0.381 e.